The molecule has 1 aromatic carbocycles. The number of halogens is 2. The second-order valence-electron chi connectivity index (χ2n) is 3.38. The number of rotatable bonds is 3. The van der Waals surface area contributed by atoms with Gasteiger partial charge in [-0.1, -0.05) is 22.0 Å². The van der Waals surface area contributed by atoms with Crippen LogP contribution in [0, 0.1) is 5.82 Å². The van der Waals surface area contributed by atoms with E-state index in [4.69, 9.17) is 5.73 Å². The fourth-order valence-corrected chi connectivity index (χ4v) is 2.18. The molecule has 1 heterocycles. The third-order valence-corrected chi connectivity index (χ3v) is 3.20. The molecule has 0 bridgehead atoms. The summed E-state index contributed by atoms with van der Waals surface area (Å²) in [5.74, 6) is -0.256. The Morgan fingerprint density at radius 2 is 2.31 bits per heavy atom. The zero-order valence-corrected chi connectivity index (χ0v) is 10.6. The normalized spacial score (nSPS) is 12.7. The van der Waals surface area contributed by atoms with E-state index in [0.29, 0.717) is 17.7 Å². The maximum Gasteiger partial charge on any atom is 0.127 e. The van der Waals surface area contributed by atoms with Gasteiger partial charge in [0.05, 0.1) is 29.7 Å². The molecule has 0 spiro atoms. The molecule has 1 atom stereocenters. The van der Waals surface area contributed by atoms with Crippen LogP contribution < -0.4 is 5.73 Å². The Balaban J connectivity index is 2.15. The Kier molecular flexibility index (Phi) is 3.63. The molecule has 6 heteroatoms. The molecule has 2 aromatic rings. The lowest BCUT2D eigenvalue weighted by atomic mass is 10.0. The molecule has 0 radical (unpaired) electrons. The Bertz CT molecular complexity index is 475. The number of benzene rings is 1. The highest BCUT2D eigenvalue weighted by Gasteiger charge is 2.12. The van der Waals surface area contributed by atoms with E-state index >= 15 is 0 Å². The Hall–Kier alpha value is -0.850. The standard InChI is InChI=1S/C10H9BrFN3S/c11-7-2-1-6(8(12)4-7)3-9(13)10-5-14-16-15-10/h1-2,4-5,9H,3,13H2. The minimum Gasteiger partial charge on any atom is -0.322 e. The van der Waals surface area contributed by atoms with Crippen molar-refractivity contribution in [2.75, 3.05) is 0 Å². The van der Waals surface area contributed by atoms with Crippen molar-refractivity contribution < 1.29 is 4.39 Å². The van der Waals surface area contributed by atoms with E-state index < -0.39 is 0 Å². The van der Waals surface area contributed by atoms with Crippen LogP contribution in [-0.4, -0.2) is 8.75 Å². The first kappa shape index (κ1) is 11.6. The lowest BCUT2D eigenvalue weighted by Crippen LogP contribution is -2.14. The van der Waals surface area contributed by atoms with Gasteiger partial charge in [-0.15, -0.1) is 0 Å². The van der Waals surface area contributed by atoms with Gasteiger partial charge >= 0.3 is 0 Å². The SMILES string of the molecule is NC(Cc1ccc(Br)cc1F)c1cnsn1. The van der Waals surface area contributed by atoms with Gasteiger partial charge in [-0.25, -0.2) is 4.39 Å². The molecule has 2 N–H and O–H groups in total. The molecule has 0 fully saturated rings. The third kappa shape index (κ3) is 2.63. The highest BCUT2D eigenvalue weighted by molar-refractivity contribution is 9.10. The minimum atomic E-state index is -0.311. The van der Waals surface area contributed by atoms with Crippen molar-refractivity contribution in [1.82, 2.24) is 8.75 Å². The quantitative estimate of drug-likeness (QED) is 0.948. The lowest BCUT2D eigenvalue weighted by Gasteiger charge is -2.09. The molecule has 2 rings (SSSR count). The van der Waals surface area contributed by atoms with E-state index in [2.05, 4.69) is 24.7 Å². The van der Waals surface area contributed by atoms with Crippen molar-refractivity contribution in [2.24, 2.45) is 5.73 Å². The van der Waals surface area contributed by atoms with E-state index in [-0.39, 0.29) is 11.9 Å². The summed E-state index contributed by atoms with van der Waals surface area (Å²) in [5, 5.41) is 0. The highest BCUT2D eigenvalue weighted by atomic mass is 79.9. The van der Waals surface area contributed by atoms with Crippen LogP contribution in [0.1, 0.15) is 17.3 Å². The number of hydrogen-bond acceptors (Lipinski definition) is 4. The summed E-state index contributed by atoms with van der Waals surface area (Å²) in [4.78, 5) is 0. The van der Waals surface area contributed by atoms with Crippen molar-refractivity contribution in [2.45, 2.75) is 12.5 Å². The zero-order valence-electron chi connectivity index (χ0n) is 8.23. The van der Waals surface area contributed by atoms with Crippen molar-refractivity contribution >= 4 is 27.7 Å². The molecule has 84 valence electrons. The topological polar surface area (TPSA) is 51.8 Å². The molecule has 3 nitrogen and oxygen atoms in total. The number of aromatic nitrogens is 2. The van der Waals surface area contributed by atoms with Crippen LogP contribution in [0.2, 0.25) is 0 Å². The summed E-state index contributed by atoms with van der Waals surface area (Å²) in [6, 6.07) is 4.64. The van der Waals surface area contributed by atoms with Crippen LogP contribution in [0.4, 0.5) is 4.39 Å². The third-order valence-electron chi connectivity index (χ3n) is 2.21. The summed E-state index contributed by atoms with van der Waals surface area (Å²) >= 11 is 4.31. The molecular formula is C10H9BrFN3S. The molecule has 1 aromatic heterocycles. The van der Waals surface area contributed by atoms with Crippen molar-refractivity contribution in [3.05, 3.63) is 45.9 Å². The zero-order chi connectivity index (χ0) is 11.5. The van der Waals surface area contributed by atoms with Crippen LogP contribution >= 0.6 is 27.7 Å². The first-order valence-electron chi connectivity index (χ1n) is 4.64. The number of hydrogen-bond donors (Lipinski definition) is 1. The summed E-state index contributed by atoms with van der Waals surface area (Å²) in [6.07, 6.45) is 2.04. The van der Waals surface area contributed by atoms with E-state index in [1.54, 1.807) is 18.3 Å². The second-order valence-corrected chi connectivity index (χ2v) is 4.85. The summed E-state index contributed by atoms with van der Waals surface area (Å²) in [5.41, 5.74) is 7.19. The van der Waals surface area contributed by atoms with Gasteiger partial charge in [-0.2, -0.15) is 8.75 Å². The molecule has 0 saturated heterocycles. The minimum absolute atomic E-state index is 0.256. The lowest BCUT2D eigenvalue weighted by molar-refractivity contribution is 0.590. The molecule has 0 saturated carbocycles. The van der Waals surface area contributed by atoms with E-state index in [1.807, 2.05) is 0 Å². The van der Waals surface area contributed by atoms with Gasteiger partial charge in [0.15, 0.2) is 0 Å². The molecule has 0 aliphatic heterocycles. The molecule has 0 aliphatic rings. The van der Waals surface area contributed by atoms with Crippen LogP contribution in [0.15, 0.2) is 28.9 Å². The average molecular weight is 302 g/mol. The van der Waals surface area contributed by atoms with E-state index in [1.165, 1.54) is 6.07 Å². The summed E-state index contributed by atoms with van der Waals surface area (Å²) in [6.45, 7) is 0. The Labute approximate surface area is 105 Å². The molecule has 16 heavy (non-hydrogen) atoms. The molecule has 0 aliphatic carbocycles. The fourth-order valence-electron chi connectivity index (χ4n) is 1.36. The van der Waals surface area contributed by atoms with Gasteiger partial charge in [-0.05, 0) is 24.1 Å². The monoisotopic (exact) mass is 301 g/mol. The van der Waals surface area contributed by atoms with Gasteiger partial charge in [0.25, 0.3) is 0 Å². The maximum absolute atomic E-state index is 13.5. The van der Waals surface area contributed by atoms with Crippen LogP contribution in [0.5, 0.6) is 0 Å². The van der Waals surface area contributed by atoms with Gasteiger partial charge in [0, 0.05) is 4.47 Å². The second kappa shape index (κ2) is 4.99. The van der Waals surface area contributed by atoms with Crippen LogP contribution in [0.3, 0.4) is 0 Å². The van der Waals surface area contributed by atoms with Gasteiger partial charge in [0.1, 0.15) is 5.82 Å². The summed E-state index contributed by atoms with van der Waals surface area (Å²) in [7, 11) is 0. The Morgan fingerprint density at radius 1 is 1.50 bits per heavy atom. The predicted molar refractivity (Wildman–Crippen MR) is 64.6 cm³/mol. The molecular weight excluding hydrogens is 293 g/mol. The molecule has 1 unspecified atom stereocenters. The number of nitrogens with two attached hydrogens (primary N) is 1. The van der Waals surface area contributed by atoms with Crippen LogP contribution in [0.25, 0.3) is 0 Å². The van der Waals surface area contributed by atoms with Crippen LogP contribution in [-0.2, 0) is 6.42 Å². The highest BCUT2D eigenvalue weighted by Crippen LogP contribution is 2.20. The van der Waals surface area contributed by atoms with Crippen molar-refractivity contribution in [3.8, 4) is 0 Å². The van der Waals surface area contributed by atoms with E-state index in [0.717, 1.165) is 16.2 Å². The summed E-state index contributed by atoms with van der Waals surface area (Å²) < 4.78 is 22.2. The van der Waals surface area contributed by atoms with Gasteiger partial charge in [0.2, 0.25) is 0 Å². The maximum atomic E-state index is 13.5. The average Bonchev–Trinajstić information content (AvgIpc) is 2.75. The van der Waals surface area contributed by atoms with E-state index in [9.17, 15) is 4.39 Å². The smallest absolute Gasteiger partial charge is 0.127 e. The molecule has 0 amide bonds. The predicted octanol–water partition coefficient (Wildman–Crippen LogP) is 2.68. The van der Waals surface area contributed by atoms with Gasteiger partial charge in [-0.3, -0.25) is 0 Å². The van der Waals surface area contributed by atoms with Gasteiger partial charge < -0.3 is 5.73 Å². The van der Waals surface area contributed by atoms with Crippen molar-refractivity contribution in [1.29, 1.82) is 0 Å². The fraction of sp³-hybridized carbons (Fsp3) is 0.200. The van der Waals surface area contributed by atoms with Crippen molar-refractivity contribution in [3.63, 3.8) is 0 Å². The number of nitrogens with zero attached hydrogens (tertiary/aromatic N) is 2. The Morgan fingerprint density at radius 3 is 2.94 bits per heavy atom. The first-order valence-corrected chi connectivity index (χ1v) is 6.16. The first-order chi connectivity index (χ1) is 7.66. The largest absolute Gasteiger partial charge is 0.322 e.